The maximum absolute atomic E-state index is 11.4. The molecule has 0 atom stereocenters. The summed E-state index contributed by atoms with van der Waals surface area (Å²) >= 11 is 0. The van der Waals surface area contributed by atoms with Gasteiger partial charge in [0.2, 0.25) is 5.56 Å². The number of likely N-dealkylation sites (tertiary alicyclic amines) is 1. The lowest BCUT2D eigenvalue weighted by Gasteiger charge is -2.29. The average molecular weight is 336 g/mol. The number of aromatic nitrogens is 5. The average Bonchev–Trinajstić information content (AvgIpc) is 3.09. The van der Waals surface area contributed by atoms with Crippen molar-refractivity contribution in [2.45, 2.75) is 18.9 Å². The Labute approximate surface area is 145 Å². The van der Waals surface area contributed by atoms with E-state index in [1.807, 2.05) is 16.8 Å². The molecule has 1 aliphatic rings. The van der Waals surface area contributed by atoms with Crippen molar-refractivity contribution in [2.75, 3.05) is 20.1 Å². The molecule has 0 aromatic carbocycles. The minimum atomic E-state index is -0.124. The van der Waals surface area contributed by atoms with E-state index in [-0.39, 0.29) is 5.56 Å². The molecule has 1 saturated heterocycles. The zero-order valence-corrected chi connectivity index (χ0v) is 14.1. The number of rotatable bonds is 3. The van der Waals surface area contributed by atoms with E-state index in [4.69, 9.17) is 10.1 Å². The van der Waals surface area contributed by atoms with Gasteiger partial charge in [-0.15, -0.1) is 0 Å². The molecule has 25 heavy (non-hydrogen) atoms. The molecular formula is C18H20N6O. The van der Waals surface area contributed by atoms with Gasteiger partial charge in [-0.1, -0.05) is 0 Å². The van der Waals surface area contributed by atoms with Crippen molar-refractivity contribution in [3.8, 4) is 22.8 Å². The third-order valence-electron chi connectivity index (χ3n) is 4.63. The fraction of sp³-hybridized carbons (Fsp3) is 0.333. The first-order valence-electron chi connectivity index (χ1n) is 8.45. The smallest absolute Gasteiger partial charge is 0.247 e. The van der Waals surface area contributed by atoms with E-state index in [1.165, 1.54) is 6.07 Å². The van der Waals surface area contributed by atoms with Crippen molar-refractivity contribution in [3.63, 3.8) is 0 Å². The fourth-order valence-corrected chi connectivity index (χ4v) is 3.18. The van der Waals surface area contributed by atoms with Crippen molar-refractivity contribution < 1.29 is 0 Å². The quantitative estimate of drug-likeness (QED) is 0.791. The second kappa shape index (κ2) is 6.60. The number of pyridine rings is 2. The molecule has 7 nitrogen and oxygen atoms in total. The Balaban J connectivity index is 1.78. The largest absolute Gasteiger partial charge is 0.328 e. The van der Waals surface area contributed by atoms with Crippen LogP contribution in [0.15, 0.2) is 47.7 Å². The van der Waals surface area contributed by atoms with Crippen LogP contribution in [0.2, 0.25) is 0 Å². The van der Waals surface area contributed by atoms with Crippen LogP contribution in [0.1, 0.15) is 18.9 Å². The van der Waals surface area contributed by atoms with Gasteiger partial charge in [0, 0.05) is 35.8 Å². The Bertz CT molecular complexity index is 888. The van der Waals surface area contributed by atoms with Gasteiger partial charge in [-0.2, -0.15) is 5.10 Å². The first kappa shape index (κ1) is 15.7. The van der Waals surface area contributed by atoms with Crippen molar-refractivity contribution >= 4 is 0 Å². The maximum Gasteiger partial charge on any atom is 0.247 e. The lowest BCUT2D eigenvalue weighted by atomic mass is 10.1. The molecule has 0 aliphatic carbocycles. The van der Waals surface area contributed by atoms with E-state index >= 15 is 0 Å². The summed E-state index contributed by atoms with van der Waals surface area (Å²) in [6, 6.07) is 7.45. The fourth-order valence-electron chi connectivity index (χ4n) is 3.18. The summed E-state index contributed by atoms with van der Waals surface area (Å²) in [6.07, 6.45) is 7.27. The van der Waals surface area contributed by atoms with Crippen LogP contribution in [0.4, 0.5) is 0 Å². The van der Waals surface area contributed by atoms with E-state index in [0.29, 0.717) is 11.9 Å². The molecule has 128 valence electrons. The second-order valence-corrected chi connectivity index (χ2v) is 6.42. The highest BCUT2D eigenvalue weighted by Gasteiger charge is 2.24. The predicted octanol–water partition coefficient (Wildman–Crippen LogP) is 1.96. The Morgan fingerprint density at radius 2 is 2.00 bits per heavy atom. The number of nitrogens with one attached hydrogen (secondary N) is 1. The molecule has 7 heteroatoms. The number of aromatic amines is 1. The van der Waals surface area contributed by atoms with Gasteiger partial charge in [-0.05, 0) is 51.2 Å². The molecule has 0 amide bonds. The Hall–Kier alpha value is -2.80. The maximum atomic E-state index is 11.4. The van der Waals surface area contributed by atoms with Crippen LogP contribution in [0, 0.1) is 0 Å². The summed E-state index contributed by atoms with van der Waals surface area (Å²) in [5, 5.41) is 4.78. The van der Waals surface area contributed by atoms with Crippen molar-refractivity contribution in [2.24, 2.45) is 0 Å². The molecule has 0 radical (unpaired) electrons. The summed E-state index contributed by atoms with van der Waals surface area (Å²) in [7, 11) is 2.14. The van der Waals surface area contributed by atoms with Crippen LogP contribution < -0.4 is 5.56 Å². The Kier molecular flexibility index (Phi) is 4.15. The summed E-state index contributed by atoms with van der Waals surface area (Å²) in [6.45, 7) is 2.08. The van der Waals surface area contributed by atoms with Gasteiger partial charge in [0.15, 0.2) is 11.6 Å². The number of hydrogen-bond donors (Lipinski definition) is 1. The minimum absolute atomic E-state index is 0.124. The normalized spacial score (nSPS) is 16.2. The summed E-state index contributed by atoms with van der Waals surface area (Å²) < 4.78 is 2.02. The number of piperidine rings is 1. The van der Waals surface area contributed by atoms with Gasteiger partial charge in [0.05, 0.1) is 6.04 Å². The van der Waals surface area contributed by atoms with Gasteiger partial charge < -0.3 is 9.88 Å². The first-order valence-corrected chi connectivity index (χ1v) is 8.45. The lowest BCUT2D eigenvalue weighted by molar-refractivity contribution is 0.213. The molecule has 3 aromatic heterocycles. The second-order valence-electron chi connectivity index (χ2n) is 6.42. The monoisotopic (exact) mass is 336 g/mol. The number of nitrogens with zero attached hydrogens (tertiary/aromatic N) is 5. The number of H-pyrrole nitrogens is 1. The summed E-state index contributed by atoms with van der Waals surface area (Å²) in [5.41, 5.74) is 1.63. The van der Waals surface area contributed by atoms with Crippen LogP contribution in [0.25, 0.3) is 22.8 Å². The Morgan fingerprint density at radius 3 is 2.68 bits per heavy atom. The summed E-state index contributed by atoms with van der Waals surface area (Å²) in [4.78, 5) is 25.4. The zero-order valence-electron chi connectivity index (χ0n) is 14.1. The van der Waals surface area contributed by atoms with Gasteiger partial charge >= 0.3 is 0 Å². The van der Waals surface area contributed by atoms with Crippen molar-refractivity contribution in [1.29, 1.82) is 0 Å². The van der Waals surface area contributed by atoms with Crippen molar-refractivity contribution in [1.82, 2.24) is 29.6 Å². The standard InChI is InChI=1S/C18H20N6O/c1-23-9-6-15(7-10-23)24-18(14-4-5-16(25)20-12-14)21-17(22-24)13-3-2-8-19-11-13/h2-5,8,11-12,15H,6-7,9-10H2,1H3,(H,20,25). The first-order chi connectivity index (χ1) is 12.2. The van der Waals surface area contributed by atoms with Crippen LogP contribution in [0.3, 0.4) is 0 Å². The van der Waals surface area contributed by atoms with Crippen molar-refractivity contribution in [3.05, 3.63) is 53.2 Å². The SMILES string of the molecule is CN1CCC(n2nc(-c3cccnc3)nc2-c2ccc(=O)[nH]c2)CC1. The predicted molar refractivity (Wildman–Crippen MR) is 95.1 cm³/mol. The molecule has 4 heterocycles. The van der Waals surface area contributed by atoms with E-state index in [1.54, 1.807) is 24.7 Å². The highest BCUT2D eigenvalue weighted by Crippen LogP contribution is 2.29. The molecule has 0 saturated carbocycles. The Morgan fingerprint density at radius 1 is 1.16 bits per heavy atom. The van der Waals surface area contributed by atoms with E-state index in [9.17, 15) is 4.79 Å². The zero-order chi connectivity index (χ0) is 17.2. The third kappa shape index (κ3) is 3.23. The molecule has 1 N–H and O–H groups in total. The van der Waals surface area contributed by atoms with Crippen LogP contribution in [-0.4, -0.2) is 49.8 Å². The molecule has 0 bridgehead atoms. The van der Waals surface area contributed by atoms with Gasteiger partial charge in [-0.25, -0.2) is 9.67 Å². The lowest BCUT2D eigenvalue weighted by Crippen LogP contribution is -2.32. The van der Waals surface area contributed by atoms with E-state index in [2.05, 4.69) is 21.9 Å². The molecule has 3 aromatic rings. The topological polar surface area (TPSA) is 79.7 Å². The highest BCUT2D eigenvalue weighted by molar-refractivity contribution is 5.60. The third-order valence-corrected chi connectivity index (χ3v) is 4.63. The van der Waals surface area contributed by atoms with Gasteiger partial charge in [0.25, 0.3) is 0 Å². The van der Waals surface area contributed by atoms with Gasteiger partial charge in [-0.3, -0.25) is 9.78 Å². The van der Waals surface area contributed by atoms with Crippen LogP contribution >= 0.6 is 0 Å². The molecule has 4 rings (SSSR count). The molecular weight excluding hydrogens is 316 g/mol. The minimum Gasteiger partial charge on any atom is -0.328 e. The van der Waals surface area contributed by atoms with E-state index < -0.39 is 0 Å². The molecule has 0 spiro atoms. The molecule has 0 unspecified atom stereocenters. The molecule has 1 fully saturated rings. The number of hydrogen-bond acceptors (Lipinski definition) is 5. The van der Waals surface area contributed by atoms with Gasteiger partial charge in [0.1, 0.15) is 0 Å². The molecule has 1 aliphatic heterocycles. The van der Waals surface area contributed by atoms with Crippen LogP contribution in [0.5, 0.6) is 0 Å². The van der Waals surface area contributed by atoms with E-state index in [0.717, 1.165) is 42.9 Å². The van der Waals surface area contributed by atoms with Crippen LogP contribution in [-0.2, 0) is 0 Å². The summed E-state index contributed by atoms with van der Waals surface area (Å²) in [5.74, 6) is 1.44. The highest BCUT2D eigenvalue weighted by atomic mass is 16.1.